The van der Waals surface area contributed by atoms with Crippen molar-refractivity contribution in [1.82, 2.24) is 15.5 Å². The third-order valence-corrected chi connectivity index (χ3v) is 4.90. The van der Waals surface area contributed by atoms with E-state index in [1.807, 2.05) is 37.3 Å². The van der Waals surface area contributed by atoms with Crippen molar-refractivity contribution in [3.8, 4) is 5.75 Å². The summed E-state index contributed by atoms with van der Waals surface area (Å²) < 4.78 is 5.41. The van der Waals surface area contributed by atoms with Gasteiger partial charge in [0.15, 0.2) is 0 Å². The number of ether oxygens (including phenoxy) is 1. The number of carbonyl (C=O) groups excluding carboxylic acids is 3. The second-order valence-corrected chi connectivity index (χ2v) is 6.99. The molecule has 2 N–H and O–H groups in total. The smallest absolute Gasteiger partial charge is 0.325 e. The quantitative estimate of drug-likeness (QED) is 0.671. The molecule has 2 aromatic carbocycles. The van der Waals surface area contributed by atoms with Crippen LogP contribution in [0.5, 0.6) is 5.75 Å². The normalized spacial score (nSPS) is 18.5. The Hall–Kier alpha value is -3.35. The number of nitrogens with zero attached hydrogens (tertiary/aromatic N) is 1. The van der Waals surface area contributed by atoms with Gasteiger partial charge in [0.2, 0.25) is 5.91 Å². The lowest BCUT2D eigenvalue weighted by Crippen LogP contribution is -2.43. The van der Waals surface area contributed by atoms with Gasteiger partial charge in [0.05, 0.1) is 6.61 Å². The summed E-state index contributed by atoms with van der Waals surface area (Å²) in [5.41, 5.74) is 0.517. The minimum atomic E-state index is -1.22. The first-order valence-electron chi connectivity index (χ1n) is 9.62. The lowest BCUT2D eigenvalue weighted by molar-refractivity contribution is -0.134. The molecule has 0 spiro atoms. The summed E-state index contributed by atoms with van der Waals surface area (Å²) in [6, 6.07) is 16.2. The zero-order valence-electron chi connectivity index (χ0n) is 16.6. The highest BCUT2D eigenvalue weighted by molar-refractivity contribution is 6.09. The van der Waals surface area contributed by atoms with Gasteiger partial charge >= 0.3 is 6.03 Å². The highest BCUT2D eigenvalue weighted by Crippen LogP contribution is 2.29. The molecule has 7 heteroatoms. The fraction of sp³-hybridized carbons (Fsp3) is 0.318. The number of urea groups is 1. The molecule has 0 unspecified atom stereocenters. The van der Waals surface area contributed by atoms with Crippen LogP contribution in [0.25, 0.3) is 0 Å². The van der Waals surface area contributed by atoms with E-state index < -0.39 is 17.5 Å². The van der Waals surface area contributed by atoms with Crippen LogP contribution in [0.3, 0.4) is 0 Å². The van der Waals surface area contributed by atoms with Crippen LogP contribution >= 0.6 is 0 Å². The Kier molecular flexibility index (Phi) is 6.16. The van der Waals surface area contributed by atoms with Crippen LogP contribution in [0.15, 0.2) is 54.6 Å². The van der Waals surface area contributed by atoms with Gasteiger partial charge in [-0.2, -0.15) is 0 Å². The number of carbonyl (C=O) groups is 3. The molecule has 0 bridgehead atoms. The van der Waals surface area contributed by atoms with Gasteiger partial charge in [0.25, 0.3) is 5.91 Å². The zero-order valence-corrected chi connectivity index (χ0v) is 16.6. The van der Waals surface area contributed by atoms with Gasteiger partial charge in [-0.25, -0.2) is 4.79 Å². The second kappa shape index (κ2) is 8.77. The Labute approximate surface area is 170 Å². The van der Waals surface area contributed by atoms with Crippen molar-refractivity contribution >= 4 is 17.8 Å². The first-order valence-corrected chi connectivity index (χ1v) is 9.62. The molecule has 4 amide bonds. The fourth-order valence-corrected chi connectivity index (χ4v) is 3.28. The van der Waals surface area contributed by atoms with Gasteiger partial charge in [-0.3, -0.25) is 14.5 Å². The monoisotopic (exact) mass is 395 g/mol. The summed E-state index contributed by atoms with van der Waals surface area (Å²) in [6.45, 7) is 4.18. The Balaban J connectivity index is 1.59. The van der Waals surface area contributed by atoms with Gasteiger partial charge in [-0.05, 0) is 43.5 Å². The zero-order chi connectivity index (χ0) is 20.9. The van der Waals surface area contributed by atoms with E-state index in [0.29, 0.717) is 30.9 Å². The summed E-state index contributed by atoms with van der Waals surface area (Å²) in [5, 5.41) is 5.46. The third-order valence-electron chi connectivity index (χ3n) is 4.90. The van der Waals surface area contributed by atoms with Crippen molar-refractivity contribution in [2.75, 3.05) is 19.7 Å². The first-order chi connectivity index (χ1) is 13.9. The van der Waals surface area contributed by atoms with Crippen LogP contribution < -0.4 is 15.4 Å². The second-order valence-electron chi connectivity index (χ2n) is 6.99. The highest BCUT2D eigenvalue weighted by atomic mass is 16.5. The lowest BCUT2D eigenvalue weighted by Gasteiger charge is -2.22. The van der Waals surface area contributed by atoms with E-state index in [-0.39, 0.29) is 12.5 Å². The van der Waals surface area contributed by atoms with Gasteiger partial charge < -0.3 is 15.4 Å². The molecule has 1 aliphatic heterocycles. The van der Waals surface area contributed by atoms with E-state index in [1.54, 1.807) is 31.2 Å². The van der Waals surface area contributed by atoms with Crippen LogP contribution in [0.1, 0.15) is 25.0 Å². The summed E-state index contributed by atoms with van der Waals surface area (Å²) in [4.78, 5) is 38.5. The predicted octanol–water partition coefficient (Wildman–Crippen LogP) is 2.21. The molecule has 29 heavy (non-hydrogen) atoms. The Morgan fingerprint density at radius 1 is 1.10 bits per heavy atom. The average Bonchev–Trinajstić information content (AvgIpc) is 2.93. The molecule has 152 valence electrons. The van der Waals surface area contributed by atoms with E-state index >= 15 is 0 Å². The highest BCUT2D eigenvalue weighted by Gasteiger charge is 2.49. The molecule has 1 aliphatic rings. The molecule has 1 heterocycles. The largest absolute Gasteiger partial charge is 0.494 e. The van der Waals surface area contributed by atoms with E-state index in [9.17, 15) is 14.4 Å². The SMILES string of the molecule is CCOc1ccc([C@@]2(C)NC(=O)N(CC(=O)NCCc3ccccc3)C2=O)cc1. The van der Waals surface area contributed by atoms with Crippen LogP contribution in [-0.4, -0.2) is 42.4 Å². The first kappa shape index (κ1) is 20.4. The van der Waals surface area contributed by atoms with Crippen molar-refractivity contribution in [3.05, 3.63) is 65.7 Å². The number of hydrogen-bond donors (Lipinski definition) is 2. The summed E-state index contributed by atoms with van der Waals surface area (Å²) in [7, 11) is 0. The van der Waals surface area contributed by atoms with E-state index in [1.165, 1.54) is 0 Å². The molecule has 0 radical (unpaired) electrons. The van der Waals surface area contributed by atoms with Crippen LogP contribution in [0.2, 0.25) is 0 Å². The molecule has 0 aliphatic carbocycles. The number of benzene rings is 2. The van der Waals surface area contributed by atoms with E-state index in [4.69, 9.17) is 4.74 Å². The Morgan fingerprint density at radius 3 is 2.45 bits per heavy atom. The standard InChI is InChI=1S/C22H25N3O4/c1-3-29-18-11-9-17(10-12-18)22(2)20(27)25(21(28)24-22)15-19(26)23-14-13-16-7-5-4-6-8-16/h4-12H,3,13-15H2,1-2H3,(H,23,26)(H,24,28)/t22-/m1/s1. The van der Waals surface area contributed by atoms with Gasteiger partial charge in [-0.15, -0.1) is 0 Å². The number of amides is 4. The molecule has 7 nitrogen and oxygen atoms in total. The molecular formula is C22H25N3O4. The molecule has 0 aromatic heterocycles. The Bertz CT molecular complexity index is 883. The molecule has 1 atom stereocenters. The Morgan fingerprint density at radius 2 is 1.79 bits per heavy atom. The van der Waals surface area contributed by atoms with Gasteiger partial charge in [-0.1, -0.05) is 42.5 Å². The van der Waals surface area contributed by atoms with Crippen LogP contribution in [-0.2, 0) is 21.5 Å². The molecular weight excluding hydrogens is 370 g/mol. The molecule has 2 aromatic rings. The number of rotatable bonds is 8. The topological polar surface area (TPSA) is 87.7 Å². The van der Waals surface area contributed by atoms with Crippen LogP contribution in [0.4, 0.5) is 4.79 Å². The maximum atomic E-state index is 12.9. The number of nitrogens with one attached hydrogen (secondary N) is 2. The van der Waals surface area contributed by atoms with Crippen molar-refractivity contribution in [3.63, 3.8) is 0 Å². The third kappa shape index (κ3) is 4.56. The van der Waals surface area contributed by atoms with E-state index in [0.717, 1.165) is 10.5 Å². The van der Waals surface area contributed by atoms with E-state index in [2.05, 4.69) is 10.6 Å². The van der Waals surface area contributed by atoms with Crippen molar-refractivity contribution in [2.45, 2.75) is 25.8 Å². The summed E-state index contributed by atoms with van der Waals surface area (Å²) in [6.07, 6.45) is 0.677. The molecule has 1 fully saturated rings. The minimum Gasteiger partial charge on any atom is -0.494 e. The average molecular weight is 395 g/mol. The van der Waals surface area contributed by atoms with Crippen molar-refractivity contribution in [2.24, 2.45) is 0 Å². The lowest BCUT2D eigenvalue weighted by atomic mass is 9.92. The van der Waals surface area contributed by atoms with Gasteiger partial charge in [0.1, 0.15) is 17.8 Å². The number of imide groups is 1. The van der Waals surface area contributed by atoms with Crippen LogP contribution in [0, 0.1) is 0 Å². The predicted molar refractivity (Wildman–Crippen MR) is 108 cm³/mol. The molecule has 3 rings (SSSR count). The maximum Gasteiger partial charge on any atom is 0.325 e. The van der Waals surface area contributed by atoms with Gasteiger partial charge in [0, 0.05) is 6.54 Å². The molecule has 0 saturated carbocycles. The summed E-state index contributed by atoms with van der Waals surface area (Å²) in [5.74, 6) is -0.142. The summed E-state index contributed by atoms with van der Waals surface area (Å²) >= 11 is 0. The van der Waals surface area contributed by atoms with Crippen molar-refractivity contribution < 1.29 is 19.1 Å². The number of hydrogen-bond acceptors (Lipinski definition) is 4. The molecule has 1 saturated heterocycles. The maximum absolute atomic E-state index is 12.9. The van der Waals surface area contributed by atoms with Crippen molar-refractivity contribution in [1.29, 1.82) is 0 Å². The minimum absolute atomic E-state index is 0.313. The fourth-order valence-electron chi connectivity index (χ4n) is 3.28.